The quantitative estimate of drug-likeness (QED) is 0.858. The van der Waals surface area contributed by atoms with Gasteiger partial charge in [0.25, 0.3) is 0 Å². The van der Waals surface area contributed by atoms with Gasteiger partial charge < -0.3 is 9.64 Å². The van der Waals surface area contributed by atoms with Crippen LogP contribution in [0.1, 0.15) is 30.5 Å². The van der Waals surface area contributed by atoms with E-state index in [1.807, 2.05) is 4.90 Å². The maximum absolute atomic E-state index is 12.4. The van der Waals surface area contributed by atoms with Gasteiger partial charge in [0, 0.05) is 25.2 Å². The van der Waals surface area contributed by atoms with Crippen molar-refractivity contribution >= 4 is 5.91 Å². The number of carbonyl (C=O) groups is 1. The first kappa shape index (κ1) is 15.3. The highest BCUT2D eigenvalue weighted by Crippen LogP contribution is 2.32. The topological polar surface area (TPSA) is 42.4 Å². The first-order chi connectivity index (χ1) is 10.4. The first-order valence-corrected chi connectivity index (χ1v) is 7.36. The maximum atomic E-state index is 12.4. The van der Waals surface area contributed by atoms with Crippen molar-refractivity contribution in [3.63, 3.8) is 0 Å². The molecule has 1 aromatic rings. The van der Waals surface area contributed by atoms with Gasteiger partial charge in [-0.05, 0) is 30.9 Å². The molecule has 1 aromatic heterocycles. The van der Waals surface area contributed by atoms with Gasteiger partial charge in [0.2, 0.25) is 5.91 Å². The molecule has 1 aliphatic carbocycles. The van der Waals surface area contributed by atoms with Crippen molar-refractivity contribution in [1.29, 1.82) is 0 Å². The van der Waals surface area contributed by atoms with E-state index in [-0.39, 0.29) is 24.5 Å². The second-order valence-corrected chi connectivity index (χ2v) is 5.83. The summed E-state index contributed by atoms with van der Waals surface area (Å²) in [6, 6.07) is 2.33. The van der Waals surface area contributed by atoms with E-state index in [1.165, 1.54) is 12.3 Å². The molecule has 2 aliphatic rings. The second-order valence-electron chi connectivity index (χ2n) is 5.83. The average molecular weight is 314 g/mol. The predicted octanol–water partition coefficient (Wildman–Crippen LogP) is 2.63. The highest BCUT2D eigenvalue weighted by Gasteiger charge is 2.37. The van der Waals surface area contributed by atoms with Gasteiger partial charge in [-0.1, -0.05) is 6.07 Å². The molecule has 1 aliphatic heterocycles. The lowest BCUT2D eigenvalue weighted by Gasteiger charge is -2.16. The van der Waals surface area contributed by atoms with Gasteiger partial charge in [0.1, 0.15) is 5.69 Å². The highest BCUT2D eigenvalue weighted by molar-refractivity contribution is 5.81. The van der Waals surface area contributed by atoms with Crippen molar-refractivity contribution in [2.75, 3.05) is 13.1 Å². The number of rotatable bonds is 4. The monoisotopic (exact) mass is 314 g/mol. The summed E-state index contributed by atoms with van der Waals surface area (Å²) >= 11 is 0. The number of nitrogens with zero attached hydrogens (tertiary/aromatic N) is 2. The van der Waals surface area contributed by atoms with Crippen LogP contribution >= 0.6 is 0 Å². The molecular formula is C15H17F3N2O2. The van der Waals surface area contributed by atoms with Crippen LogP contribution in [-0.4, -0.2) is 35.0 Å². The van der Waals surface area contributed by atoms with E-state index in [1.54, 1.807) is 0 Å². The Hall–Kier alpha value is -1.63. The third-order valence-corrected chi connectivity index (χ3v) is 3.98. The van der Waals surface area contributed by atoms with Crippen LogP contribution in [0.3, 0.4) is 0 Å². The molecule has 0 N–H and O–H groups in total. The van der Waals surface area contributed by atoms with Gasteiger partial charge in [-0.3, -0.25) is 9.78 Å². The van der Waals surface area contributed by atoms with E-state index in [9.17, 15) is 18.0 Å². The van der Waals surface area contributed by atoms with E-state index in [0.29, 0.717) is 18.7 Å². The minimum atomic E-state index is -4.42. The molecule has 0 bridgehead atoms. The molecule has 2 fully saturated rings. The molecule has 1 atom stereocenters. The summed E-state index contributed by atoms with van der Waals surface area (Å²) in [5, 5.41) is 0. The van der Waals surface area contributed by atoms with Gasteiger partial charge in [-0.2, -0.15) is 13.2 Å². The van der Waals surface area contributed by atoms with Gasteiger partial charge in [-0.15, -0.1) is 0 Å². The molecule has 0 aromatic carbocycles. The van der Waals surface area contributed by atoms with E-state index in [2.05, 4.69) is 4.98 Å². The smallest absolute Gasteiger partial charge is 0.372 e. The lowest BCUT2D eigenvalue weighted by atomic mass is 10.2. The Balaban J connectivity index is 1.47. The fourth-order valence-corrected chi connectivity index (χ4v) is 2.54. The van der Waals surface area contributed by atoms with Crippen molar-refractivity contribution in [2.45, 2.75) is 38.1 Å². The van der Waals surface area contributed by atoms with E-state index >= 15 is 0 Å². The molecule has 4 nitrogen and oxygen atoms in total. The zero-order valence-electron chi connectivity index (χ0n) is 12.0. The summed E-state index contributed by atoms with van der Waals surface area (Å²) in [7, 11) is 0. The zero-order valence-corrected chi connectivity index (χ0v) is 12.0. The second kappa shape index (κ2) is 5.87. The van der Waals surface area contributed by atoms with Crippen LogP contribution in [0.5, 0.6) is 0 Å². The maximum Gasteiger partial charge on any atom is 0.433 e. The lowest BCUT2D eigenvalue weighted by Crippen LogP contribution is -2.31. The normalized spacial score (nSPS) is 22.1. The average Bonchev–Trinajstić information content (AvgIpc) is 3.22. The Morgan fingerprint density at radius 3 is 2.68 bits per heavy atom. The standard InChI is InChI=1S/C15H17F3N2O2/c16-15(17,18)13-4-1-10(7-19-13)9-22-12-5-6-20(8-12)14(21)11-2-3-11/h1,4,7,11-12H,2-3,5-6,8-9H2. The third-order valence-electron chi connectivity index (χ3n) is 3.98. The molecule has 7 heteroatoms. The van der Waals surface area contributed by atoms with Gasteiger partial charge in [0.05, 0.1) is 12.7 Å². The van der Waals surface area contributed by atoms with Crippen LogP contribution in [-0.2, 0) is 22.3 Å². The van der Waals surface area contributed by atoms with Gasteiger partial charge in [0.15, 0.2) is 0 Å². The number of pyridine rings is 1. The van der Waals surface area contributed by atoms with Crippen molar-refractivity contribution in [1.82, 2.24) is 9.88 Å². The SMILES string of the molecule is O=C(C1CC1)N1CCC(OCc2ccc(C(F)(F)F)nc2)C1. The number of alkyl halides is 3. The molecule has 3 rings (SSSR count). The lowest BCUT2D eigenvalue weighted by molar-refractivity contribution is -0.141. The first-order valence-electron chi connectivity index (χ1n) is 7.36. The summed E-state index contributed by atoms with van der Waals surface area (Å²) in [6.45, 7) is 1.48. The summed E-state index contributed by atoms with van der Waals surface area (Å²) < 4.78 is 42.9. The zero-order chi connectivity index (χ0) is 15.7. The van der Waals surface area contributed by atoms with Crippen LogP contribution in [0, 0.1) is 5.92 Å². The summed E-state index contributed by atoms with van der Waals surface area (Å²) in [6.07, 6.45) is -0.549. The Labute approximate surface area is 126 Å². The summed E-state index contributed by atoms with van der Waals surface area (Å²) in [4.78, 5) is 17.1. The molecule has 1 saturated carbocycles. The minimum Gasteiger partial charge on any atom is -0.372 e. The van der Waals surface area contributed by atoms with E-state index < -0.39 is 11.9 Å². The fourth-order valence-electron chi connectivity index (χ4n) is 2.54. The molecule has 1 amide bonds. The summed E-state index contributed by atoms with van der Waals surface area (Å²) in [5.41, 5.74) is -0.307. The number of hydrogen-bond acceptors (Lipinski definition) is 3. The van der Waals surface area contributed by atoms with Crippen molar-refractivity contribution < 1.29 is 22.7 Å². The molecule has 1 unspecified atom stereocenters. The highest BCUT2D eigenvalue weighted by atomic mass is 19.4. The van der Waals surface area contributed by atoms with Crippen LogP contribution < -0.4 is 0 Å². The van der Waals surface area contributed by atoms with Gasteiger partial charge in [-0.25, -0.2) is 0 Å². The Morgan fingerprint density at radius 1 is 1.32 bits per heavy atom. The molecule has 120 valence electrons. The number of amides is 1. The Morgan fingerprint density at radius 2 is 2.09 bits per heavy atom. The number of halogens is 3. The Bertz CT molecular complexity index is 541. The number of likely N-dealkylation sites (tertiary alicyclic amines) is 1. The van der Waals surface area contributed by atoms with Crippen LogP contribution in [0.2, 0.25) is 0 Å². The van der Waals surface area contributed by atoms with Crippen LogP contribution in [0.25, 0.3) is 0 Å². The minimum absolute atomic E-state index is 0.0509. The molecule has 0 spiro atoms. The molecule has 0 radical (unpaired) electrons. The fraction of sp³-hybridized carbons (Fsp3) is 0.600. The summed E-state index contributed by atoms with van der Waals surface area (Å²) in [5.74, 6) is 0.417. The number of hydrogen-bond donors (Lipinski definition) is 0. The molecule has 1 saturated heterocycles. The molecular weight excluding hydrogens is 297 g/mol. The van der Waals surface area contributed by atoms with Crippen LogP contribution in [0.4, 0.5) is 13.2 Å². The Kier molecular flexibility index (Phi) is 4.08. The van der Waals surface area contributed by atoms with E-state index in [0.717, 1.165) is 25.3 Å². The third kappa shape index (κ3) is 3.58. The molecule has 2 heterocycles. The van der Waals surface area contributed by atoms with Crippen molar-refractivity contribution in [2.24, 2.45) is 5.92 Å². The van der Waals surface area contributed by atoms with Crippen molar-refractivity contribution in [3.05, 3.63) is 29.6 Å². The molecule has 22 heavy (non-hydrogen) atoms. The predicted molar refractivity (Wildman–Crippen MR) is 71.7 cm³/mol. The largest absolute Gasteiger partial charge is 0.433 e. The number of aromatic nitrogens is 1. The number of ether oxygens (including phenoxy) is 1. The number of carbonyl (C=O) groups excluding carboxylic acids is 1. The van der Waals surface area contributed by atoms with E-state index in [4.69, 9.17) is 4.74 Å². The van der Waals surface area contributed by atoms with Crippen molar-refractivity contribution in [3.8, 4) is 0 Å². The van der Waals surface area contributed by atoms with Gasteiger partial charge >= 0.3 is 6.18 Å². The van der Waals surface area contributed by atoms with Crippen LogP contribution in [0.15, 0.2) is 18.3 Å².